The van der Waals surface area contributed by atoms with Gasteiger partial charge in [0, 0.05) is 37.3 Å². The summed E-state index contributed by atoms with van der Waals surface area (Å²) in [5.74, 6) is 1.26. The molecule has 0 fully saturated rings. The van der Waals surface area contributed by atoms with Gasteiger partial charge in [0.1, 0.15) is 34.8 Å². The molecule has 12 heteroatoms. The van der Waals surface area contributed by atoms with E-state index in [-0.39, 0.29) is 12.0 Å². The number of rotatable bonds is 11. The van der Waals surface area contributed by atoms with Crippen LogP contribution in [0.15, 0.2) is 61.1 Å². The van der Waals surface area contributed by atoms with E-state index in [1.807, 2.05) is 47.2 Å². The van der Waals surface area contributed by atoms with Gasteiger partial charge in [-0.05, 0) is 41.8 Å². The minimum atomic E-state index is -3.39. The number of ether oxygens (including phenoxy) is 2. The predicted molar refractivity (Wildman–Crippen MR) is 156 cm³/mol. The molecule has 0 unspecified atom stereocenters. The molecule has 212 valence electrons. The minimum Gasteiger partial charge on any atom is -0.493 e. The van der Waals surface area contributed by atoms with Crippen molar-refractivity contribution in [3.63, 3.8) is 0 Å². The summed E-state index contributed by atoms with van der Waals surface area (Å²) in [6, 6.07) is 14.6. The van der Waals surface area contributed by atoms with Gasteiger partial charge in [-0.15, -0.1) is 0 Å². The van der Waals surface area contributed by atoms with Crippen LogP contribution < -0.4 is 20.1 Å². The molecular formula is C28H32ClN5O5S. The molecule has 0 bridgehead atoms. The predicted octanol–water partition coefficient (Wildman–Crippen LogP) is 5.21. The van der Waals surface area contributed by atoms with Gasteiger partial charge >= 0.3 is 0 Å². The van der Waals surface area contributed by atoms with Gasteiger partial charge in [0.2, 0.25) is 5.91 Å². The van der Waals surface area contributed by atoms with Gasteiger partial charge in [0.25, 0.3) is 0 Å². The zero-order chi connectivity index (χ0) is 28.9. The third-order valence-corrected chi connectivity index (χ3v) is 6.60. The number of aromatic nitrogens is 3. The van der Waals surface area contributed by atoms with Crippen molar-refractivity contribution in [2.45, 2.75) is 27.3 Å². The fourth-order valence-corrected chi connectivity index (χ4v) is 4.57. The van der Waals surface area contributed by atoms with Gasteiger partial charge in [0.05, 0.1) is 17.1 Å². The normalized spacial score (nSPS) is 11.8. The van der Waals surface area contributed by atoms with Crippen molar-refractivity contribution in [2.24, 2.45) is 5.41 Å². The van der Waals surface area contributed by atoms with Crippen LogP contribution in [0.2, 0.25) is 5.02 Å². The largest absolute Gasteiger partial charge is 0.493 e. The van der Waals surface area contributed by atoms with E-state index in [4.69, 9.17) is 21.1 Å². The first-order valence-electron chi connectivity index (χ1n) is 12.6. The molecule has 0 saturated carbocycles. The first-order chi connectivity index (χ1) is 18.9. The summed E-state index contributed by atoms with van der Waals surface area (Å²) in [5.41, 5.74) is 2.16. The lowest BCUT2D eigenvalue weighted by Crippen LogP contribution is -2.32. The summed E-state index contributed by atoms with van der Waals surface area (Å²) in [4.78, 5) is 20.6. The van der Waals surface area contributed by atoms with Crippen LogP contribution >= 0.6 is 11.6 Å². The second-order valence-electron chi connectivity index (χ2n) is 10.6. The maximum Gasteiger partial charge on any atom is 0.235 e. The Morgan fingerprint density at radius 1 is 1.07 bits per heavy atom. The van der Waals surface area contributed by atoms with Gasteiger partial charge in [-0.1, -0.05) is 38.4 Å². The zero-order valence-corrected chi connectivity index (χ0v) is 24.3. The topological polar surface area (TPSA) is 124 Å². The number of carbonyl (C=O) groups is 1. The molecule has 0 aliphatic carbocycles. The number of nitrogens with zero attached hydrogens (tertiary/aromatic N) is 3. The molecule has 0 spiro atoms. The smallest absolute Gasteiger partial charge is 0.235 e. The molecule has 2 aromatic carbocycles. The second-order valence-corrected chi connectivity index (χ2v) is 13.1. The van der Waals surface area contributed by atoms with E-state index in [2.05, 4.69) is 41.4 Å². The molecule has 0 atom stereocenters. The van der Waals surface area contributed by atoms with E-state index in [1.54, 1.807) is 12.1 Å². The van der Waals surface area contributed by atoms with Crippen molar-refractivity contribution < 1.29 is 22.7 Å². The summed E-state index contributed by atoms with van der Waals surface area (Å²) in [6.07, 6.45) is 4.31. The highest BCUT2D eigenvalue weighted by molar-refractivity contribution is 7.91. The standard InChI is InChI=1S/C28H32ClN5O5S/c1-28(2,3)17-38-20-6-5-7-21(15-20)39-24-9-8-19(14-22(24)29)33-27-26-23(31-18-32-27)10-12-34(26)13-11-30-25(35)16-40(4,36)37/h5-10,12,14-15,18H,11,13,16-17H2,1-4H3,(H,30,35)(H,31,32,33). The van der Waals surface area contributed by atoms with Gasteiger partial charge in [-0.2, -0.15) is 0 Å². The highest BCUT2D eigenvalue weighted by Crippen LogP contribution is 2.34. The van der Waals surface area contributed by atoms with E-state index in [1.165, 1.54) is 6.33 Å². The molecule has 2 N–H and O–H groups in total. The number of nitrogens with one attached hydrogen (secondary N) is 2. The number of fused-ring (bicyclic) bond motifs is 1. The van der Waals surface area contributed by atoms with Gasteiger partial charge < -0.3 is 24.7 Å². The number of benzene rings is 2. The molecule has 1 amide bonds. The van der Waals surface area contributed by atoms with Gasteiger partial charge in [-0.3, -0.25) is 4.79 Å². The number of carbonyl (C=O) groups excluding carboxylic acids is 1. The minimum absolute atomic E-state index is 0.0375. The quantitative estimate of drug-likeness (QED) is 0.246. The van der Waals surface area contributed by atoms with Crippen molar-refractivity contribution in [2.75, 3.05) is 30.5 Å². The maximum absolute atomic E-state index is 11.8. The van der Waals surface area contributed by atoms with E-state index >= 15 is 0 Å². The fraction of sp³-hybridized carbons (Fsp3) is 0.321. The Morgan fingerprint density at radius 2 is 1.85 bits per heavy atom. The van der Waals surface area contributed by atoms with E-state index in [9.17, 15) is 13.2 Å². The average Bonchev–Trinajstić information content (AvgIpc) is 3.27. The van der Waals surface area contributed by atoms with E-state index < -0.39 is 21.5 Å². The molecule has 4 aromatic rings. The molecule has 40 heavy (non-hydrogen) atoms. The Hall–Kier alpha value is -3.83. The Bertz CT molecular complexity index is 1620. The first kappa shape index (κ1) is 29.2. The molecule has 0 saturated heterocycles. The molecule has 0 radical (unpaired) electrons. The highest BCUT2D eigenvalue weighted by atomic mass is 35.5. The van der Waals surface area contributed by atoms with Gasteiger partial charge in [-0.25, -0.2) is 18.4 Å². The van der Waals surface area contributed by atoms with Gasteiger partial charge in [0.15, 0.2) is 15.7 Å². The van der Waals surface area contributed by atoms with Crippen LogP contribution in [0.5, 0.6) is 17.2 Å². The lowest BCUT2D eigenvalue weighted by Gasteiger charge is -2.19. The van der Waals surface area contributed by atoms with Crippen LogP contribution in [-0.4, -0.2) is 54.0 Å². The van der Waals surface area contributed by atoms with Crippen molar-refractivity contribution in [3.8, 4) is 17.2 Å². The van der Waals surface area contributed by atoms with Crippen molar-refractivity contribution in [1.82, 2.24) is 19.9 Å². The zero-order valence-electron chi connectivity index (χ0n) is 22.8. The van der Waals surface area contributed by atoms with E-state index in [0.717, 1.165) is 11.8 Å². The lowest BCUT2D eigenvalue weighted by molar-refractivity contribution is -0.118. The summed E-state index contributed by atoms with van der Waals surface area (Å²) >= 11 is 6.56. The Morgan fingerprint density at radius 3 is 2.58 bits per heavy atom. The van der Waals surface area contributed by atoms with Crippen LogP contribution in [0.25, 0.3) is 11.0 Å². The van der Waals surface area contributed by atoms with E-state index in [0.29, 0.717) is 52.4 Å². The second kappa shape index (κ2) is 12.1. The lowest BCUT2D eigenvalue weighted by atomic mass is 9.99. The molecule has 2 aromatic heterocycles. The van der Waals surface area contributed by atoms with Crippen LogP contribution in [0.3, 0.4) is 0 Å². The number of halogens is 1. The van der Waals surface area contributed by atoms with Crippen LogP contribution in [0.1, 0.15) is 20.8 Å². The summed E-state index contributed by atoms with van der Waals surface area (Å²) in [7, 11) is -3.39. The number of sulfone groups is 1. The number of hydrogen-bond acceptors (Lipinski definition) is 8. The molecule has 2 heterocycles. The highest BCUT2D eigenvalue weighted by Gasteiger charge is 2.14. The Balaban J connectivity index is 1.45. The SMILES string of the molecule is CC(C)(C)COc1cccc(Oc2ccc(Nc3ncnc4ccn(CCNC(=O)CS(C)(=O)=O)c34)cc2Cl)c1. The van der Waals surface area contributed by atoms with Crippen molar-refractivity contribution in [1.29, 1.82) is 0 Å². The number of amides is 1. The molecule has 0 aliphatic heterocycles. The summed E-state index contributed by atoms with van der Waals surface area (Å²) in [6.45, 7) is 7.54. The number of anilines is 2. The van der Waals surface area contributed by atoms with Crippen molar-refractivity contribution >= 4 is 49.9 Å². The van der Waals surface area contributed by atoms with Crippen LogP contribution in [0, 0.1) is 5.41 Å². The van der Waals surface area contributed by atoms with Crippen LogP contribution in [-0.2, 0) is 21.2 Å². The molecule has 10 nitrogen and oxygen atoms in total. The third-order valence-electron chi connectivity index (χ3n) is 5.52. The summed E-state index contributed by atoms with van der Waals surface area (Å²) in [5, 5.41) is 6.30. The average molecular weight is 586 g/mol. The summed E-state index contributed by atoms with van der Waals surface area (Å²) < 4.78 is 36.4. The third kappa shape index (κ3) is 8.33. The van der Waals surface area contributed by atoms with Crippen LogP contribution in [0.4, 0.5) is 11.5 Å². The first-order valence-corrected chi connectivity index (χ1v) is 15.0. The molecule has 0 aliphatic rings. The van der Waals surface area contributed by atoms with Crippen molar-refractivity contribution in [3.05, 3.63) is 66.1 Å². The number of hydrogen-bond donors (Lipinski definition) is 2. The molecular weight excluding hydrogens is 554 g/mol. The maximum atomic E-state index is 11.8. The fourth-order valence-electron chi connectivity index (χ4n) is 3.77. The monoisotopic (exact) mass is 585 g/mol. The molecule has 4 rings (SSSR count). The Kier molecular flexibility index (Phi) is 8.85. The Labute approximate surface area is 238 Å².